The molecule has 0 aliphatic carbocycles. The highest BCUT2D eigenvalue weighted by Gasteiger charge is 2.57. The number of nitrogens with zero attached hydrogens (tertiary/aromatic N) is 2. The first-order valence-electron chi connectivity index (χ1n) is 6.17. The average Bonchev–Trinajstić information content (AvgIpc) is 2.48. The Kier molecular flexibility index (Phi) is 4.54. The normalized spacial score (nSPS) is 14.2. The number of rotatable bonds is 4. The van der Waals surface area contributed by atoms with Crippen LogP contribution in [-0.2, 0) is 11.5 Å². The summed E-state index contributed by atoms with van der Waals surface area (Å²) in [6.07, 6.45) is 0.149. The van der Waals surface area contributed by atoms with E-state index in [-0.39, 0.29) is 0 Å². The summed E-state index contributed by atoms with van der Waals surface area (Å²) in [5.41, 5.74) is -4.42. The van der Waals surface area contributed by atoms with E-state index in [0.717, 1.165) is 24.4 Å². The summed E-state index contributed by atoms with van der Waals surface area (Å²) in [7, 11) is 0. The van der Waals surface area contributed by atoms with Crippen LogP contribution in [-0.4, -0.2) is 10.1 Å². The highest BCUT2D eigenvalue weighted by Crippen LogP contribution is 2.47. The Labute approximate surface area is 133 Å². The summed E-state index contributed by atoms with van der Waals surface area (Å²) in [4.78, 5) is 3.56. The van der Waals surface area contributed by atoms with Crippen LogP contribution < -0.4 is 0 Å². The zero-order valence-electron chi connectivity index (χ0n) is 11.1. The number of aromatic nitrogens is 1. The molecular formula is C15H10BrF3N2O. The maximum atomic E-state index is 14.7. The van der Waals surface area contributed by atoms with E-state index in [1.165, 1.54) is 24.3 Å². The van der Waals surface area contributed by atoms with Gasteiger partial charge in [-0.2, -0.15) is 14.0 Å². The molecule has 22 heavy (non-hydrogen) atoms. The maximum absolute atomic E-state index is 14.7. The molecule has 1 heterocycles. The van der Waals surface area contributed by atoms with Crippen LogP contribution in [0.1, 0.15) is 17.7 Å². The van der Waals surface area contributed by atoms with Crippen molar-refractivity contribution in [3.05, 3.63) is 64.1 Å². The van der Waals surface area contributed by atoms with Crippen molar-refractivity contribution in [2.75, 3.05) is 0 Å². The van der Waals surface area contributed by atoms with Crippen LogP contribution in [0.15, 0.2) is 47.1 Å². The molecule has 0 saturated carbocycles. The fourth-order valence-electron chi connectivity index (χ4n) is 2.06. The zero-order valence-corrected chi connectivity index (χ0v) is 12.7. The van der Waals surface area contributed by atoms with Gasteiger partial charge in [0.05, 0.1) is 12.5 Å². The second kappa shape index (κ2) is 6.07. The number of alkyl halides is 2. The van der Waals surface area contributed by atoms with Crippen molar-refractivity contribution in [1.82, 2.24) is 4.98 Å². The fourth-order valence-corrected chi connectivity index (χ4v) is 2.29. The van der Waals surface area contributed by atoms with Crippen LogP contribution in [0.5, 0.6) is 0 Å². The van der Waals surface area contributed by atoms with Crippen LogP contribution >= 0.6 is 15.9 Å². The van der Waals surface area contributed by atoms with E-state index in [1.807, 2.05) is 0 Å². The standard InChI is InChI=1S/C15H10BrF3N2O/c16-10-5-6-13(21-9-10)15(18,19)14(22,7-8-20)11-3-1-2-4-12(11)17/h1-6,9,22H,7H2. The van der Waals surface area contributed by atoms with E-state index >= 15 is 0 Å². The minimum absolute atomic E-state index is 0.474. The predicted octanol–water partition coefficient (Wildman–Crippen LogP) is 3.88. The predicted molar refractivity (Wildman–Crippen MR) is 76.4 cm³/mol. The molecular weight excluding hydrogens is 361 g/mol. The molecule has 1 aromatic heterocycles. The number of pyridine rings is 1. The van der Waals surface area contributed by atoms with Crippen molar-refractivity contribution in [3.8, 4) is 6.07 Å². The van der Waals surface area contributed by atoms with Gasteiger partial charge in [0.25, 0.3) is 0 Å². The Balaban J connectivity index is 2.62. The van der Waals surface area contributed by atoms with E-state index in [1.54, 1.807) is 0 Å². The van der Waals surface area contributed by atoms with Crippen molar-refractivity contribution in [2.24, 2.45) is 0 Å². The van der Waals surface area contributed by atoms with Crippen molar-refractivity contribution in [2.45, 2.75) is 17.9 Å². The lowest BCUT2D eigenvalue weighted by Gasteiger charge is -2.34. The van der Waals surface area contributed by atoms with E-state index < -0.39 is 35.0 Å². The SMILES string of the molecule is N#CCC(O)(c1ccccc1F)C(F)(F)c1ccc(Br)cn1. The minimum Gasteiger partial charge on any atom is -0.377 e. The van der Waals surface area contributed by atoms with Gasteiger partial charge in [-0.25, -0.2) is 4.39 Å². The quantitative estimate of drug-likeness (QED) is 0.888. The van der Waals surface area contributed by atoms with E-state index in [2.05, 4.69) is 20.9 Å². The first-order valence-corrected chi connectivity index (χ1v) is 6.96. The highest BCUT2D eigenvalue weighted by atomic mass is 79.9. The Morgan fingerprint density at radius 2 is 1.91 bits per heavy atom. The molecule has 0 amide bonds. The summed E-state index contributed by atoms with van der Waals surface area (Å²) in [5.74, 6) is -4.97. The lowest BCUT2D eigenvalue weighted by Crippen LogP contribution is -2.44. The highest BCUT2D eigenvalue weighted by molar-refractivity contribution is 9.10. The van der Waals surface area contributed by atoms with Crippen molar-refractivity contribution in [1.29, 1.82) is 5.26 Å². The third-order valence-electron chi connectivity index (χ3n) is 3.22. The van der Waals surface area contributed by atoms with Crippen LogP contribution in [0.3, 0.4) is 0 Å². The number of aliphatic hydroxyl groups is 1. The topological polar surface area (TPSA) is 56.9 Å². The van der Waals surface area contributed by atoms with E-state index in [9.17, 15) is 18.3 Å². The monoisotopic (exact) mass is 370 g/mol. The van der Waals surface area contributed by atoms with Crippen LogP contribution in [0.2, 0.25) is 0 Å². The Bertz CT molecular complexity index is 715. The summed E-state index contributed by atoms with van der Waals surface area (Å²) >= 11 is 3.07. The largest absolute Gasteiger partial charge is 0.377 e. The van der Waals surface area contributed by atoms with Gasteiger partial charge in [0.1, 0.15) is 11.5 Å². The molecule has 0 radical (unpaired) electrons. The molecule has 1 aromatic carbocycles. The Morgan fingerprint density at radius 3 is 2.45 bits per heavy atom. The minimum atomic E-state index is -3.95. The van der Waals surface area contributed by atoms with Gasteiger partial charge < -0.3 is 5.11 Å². The second-order valence-electron chi connectivity index (χ2n) is 4.61. The lowest BCUT2D eigenvalue weighted by molar-refractivity contribution is -0.196. The molecule has 0 saturated heterocycles. The molecule has 0 spiro atoms. The first-order chi connectivity index (χ1) is 10.3. The molecule has 2 rings (SSSR count). The van der Waals surface area contributed by atoms with Crippen molar-refractivity contribution >= 4 is 15.9 Å². The molecule has 114 valence electrons. The maximum Gasteiger partial charge on any atom is 0.322 e. The molecule has 0 aliphatic rings. The van der Waals surface area contributed by atoms with Gasteiger partial charge in [-0.15, -0.1) is 0 Å². The average molecular weight is 371 g/mol. The number of hydrogen-bond acceptors (Lipinski definition) is 3. The summed E-state index contributed by atoms with van der Waals surface area (Å²) in [5, 5.41) is 19.3. The van der Waals surface area contributed by atoms with Crippen LogP contribution in [0.25, 0.3) is 0 Å². The van der Waals surface area contributed by atoms with Gasteiger partial charge in [-0.05, 0) is 34.1 Å². The van der Waals surface area contributed by atoms with Gasteiger partial charge in [0.2, 0.25) is 0 Å². The molecule has 3 nitrogen and oxygen atoms in total. The number of benzene rings is 1. The third-order valence-corrected chi connectivity index (χ3v) is 3.69. The molecule has 1 unspecified atom stereocenters. The van der Waals surface area contributed by atoms with Gasteiger partial charge in [-0.1, -0.05) is 18.2 Å². The molecule has 0 aliphatic heterocycles. The smallest absolute Gasteiger partial charge is 0.322 e. The fraction of sp³-hybridized carbons (Fsp3) is 0.200. The first kappa shape index (κ1) is 16.5. The summed E-state index contributed by atoms with van der Waals surface area (Å²) in [6, 6.07) is 8.41. The summed E-state index contributed by atoms with van der Waals surface area (Å²) < 4.78 is 43.8. The third kappa shape index (κ3) is 2.72. The molecule has 2 aromatic rings. The van der Waals surface area contributed by atoms with Crippen molar-refractivity contribution in [3.63, 3.8) is 0 Å². The van der Waals surface area contributed by atoms with Crippen LogP contribution in [0.4, 0.5) is 13.2 Å². The Morgan fingerprint density at radius 1 is 1.23 bits per heavy atom. The number of hydrogen-bond donors (Lipinski definition) is 1. The summed E-state index contributed by atoms with van der Waals surface area (Å²) in [6.45, 7) is 0. The van der Waals surface area contributed by atoms with Gasteiger partial charge in [-0.3, -0.25) is 4.98 Å². The number of nitriles is 1. The second-order valence-corrected chi connectivity index (χ2v) is 5.53. The van der Waals surface area contributed by atoms with E-state index in [4.69, 9.17) is 5.26 Å². The molecule has 0 bridgehead atoms. The van der Waals surface area contributed by atoms with Crippen LogP contribution in [0, 0.1) is 17.1 Å². The Hall–Kier alpha value is -1.91. The van der Waals surface area contributed by atoms with Gasteiger partial charge in [0, 0.05) is 16.2 Å². The molecule has 1 atom stereocenters. The lowest BCUT2D eigenvalue weighted by atomic mass is 9.82. The zero-order chi connectivity index (χ0) is 16.4. The molecule has 7 heteroatoms. The van der Waals surface area contributed by atoms with E-state index in [0.29, 0.717) is 4.47 Å². The van der Waals surface area contributed by atoms with Gasteiger partial charge >= 0.3 is 5.92 Å². The number of halogens is 4. The molecule has 0 fully saturated rings. The van der Waals surface area contributed by atoms with Crippen molar-refractivity contribution < 1.29 is 18.3 Å². The van der Waals surface area contributed by atoms with Gasteiger partial charge in [0.15, 0.2) is 5.60 Å². The molecule has 1 N–H and O–H groups in total.